The molecule has 0 aliphatic heterocycles. The fourth-order valence-corrected chi connectivity index (χ4v) is 2.42. The summed E-state index contributed by atoms with van der Waals surface area (Å²) in [6.07, 6.45) is 0. The Morgan fingerprint density at radius 1 is 1.53 bits per heavy atom. The molecule has 0 saturated carbocycles. The highest BCUT2D eigenvalue weighted by atomic mass is 32.1. The van der Waals surface area contributed by atoms with E-state index in [1.54, 1.807) is 12.1 Å². The Kier molecular flexibility index (Phi) is 4.11. The van der Waals surface area contributed by atoms with Crippen molar-refractivity contribution >= 4 is 23.0 Å². The predicted octanol–water partition coefficient (Wildman–Crippen LogP) is 2.92. The van der Waals surface area contributed by atoms with Crippen molar-refractivity contribution in [3.8, 4) is 0 Å². The molecule has 0 aliphatic carbocycles. The lowest BCUT2D eigenvalue weighted by Gasteiger charge is -2.15. The van der Waals surface area contributed by atoms with Crippen LogP contribution >= 0.6 is 11.3 Å². The van der Waals surface area contributed by atoms with Gasteiger partial charge in [0.25, 0.3) is 0 Å². The van der Waals surface area contributed by atoms with Crippen LogP contribution in [0.2, 0.25) is 0 Å². The molecule has 0 aliphatic rings. The third-order valence-corrected chi connectivity index (χ3v) is 3.48. The molecule has 1 unspecified atom stereocenters. The fraction of sp³-hybridized carbons (Fsp3) is 0.231. The Balaban J connectivity index is 2.26. The molecule has 1 N–H and O–H groups in total. The largest absolute Gasteiger partial charge is 0.467 e. The third-order valence-electron chi connectivity index (χ3n) is 2.46. The van der Waals surface area contributed by atoms with Gasteiger partial charge in [-0.3, -0.25) is 0 Å². The number of halogens is 1. The molecule has 0 saturated heterocycles. The number of thiazole rings is 1. The summed E-state index contributed by atoms with van der Waals surface area (Å²) in [4.78, 5) is 16.1. The number of hydrogen-bond acceptors (Lipinski definition) is 5. The Morgan fingerprint density at radius 2 is 2.32 bits per heavy atom. The number of rotatable bonds is 4. The Bertz CT molecular complexity index is 586. The summed E-state index contributed by atoms with van der Waals surface area (Å²) in [6.45, 7) is 1.84. The van der Waals surface area contributed by atoms with E-state index in [2.05, 4.69) is 10.3 Å². The van der Waals surface area contributed by atoms with E-state index in [1.807, 2.05) is 12.3 Å². The topological polar surface area (TPSA) is 51.2 Å². The second kappa shape index (κ2) is 5.79. The first kappa shape index (κ1) is 13.5. The van der Waals surface area contributed by atoms with Crippen LogP contribution < -0.4 is 5.32 Å². The van der Waals surface area contributed by atoms with Gasteiger partial charge in [-0.05, 0) is 25.1 Å². The van der Waals surface area contributed by atoms with E-state index in [-0.39, 0.29) is 5.82 Å². The van der Waals surface area contributed by atoms with Crippen molar-refractivity contribution in [1.29, 1.82) is 0 Å². The van der Waals surface area contributed by atoms with Gasteiger partial charge in [0.05, 0.1) is 7.11 Å². The highest BCUT2D eigenvalue weighted by Gasteiger charge is 2.24. The molecule has 1 aromatic carbocycles. The van der Waals surface area contributed by atoms with Gasteiger partial charge in [0.2, 0.25) is 0 Å². The fourth-order valence-electron chi connectivity index (χ4n) is 1.59. The molecule has 0 fully saturated rings. The predicted molar refractivity (Wildman–Crippen MR) is 71.6 cm³/mol. The standard InChI is InChI=1S/C13H13FN2O2S/c1-8-7-19-12(15-8)11(13(17)18-2)16-10-5-3-4-9(14)6-10/h3-7,11,16H,1-2H3. The van der Waals surface area contributed by atoms with Gasteiger partial charge in [0, 0.05) is 16.8 Å². The van der Waals surface area contributed by atoms with E-state index in [0.29, 0.717) is 10.7 Å². The van der Waals surface area contributed by atoms with E-state index in [1.165, 1.54) is 30.6 Å². The summed E-state index contributed by atoms with van der Waals surface area (Å²) < 4.78 is 17.9. The minimum Gasteiger partial charge on any atom is -0.467 e. The van der Waals surface area contributed by atoms with Crippen LogP contribution in [0, 0.1) is 12.7 Å². The molecule has 100 valence electrons. The molecule has 1 atom stereocenters. The van der Waals surface area contributed by atoms with E-state index < -0.39 is 12.0 Å². The average molecular weight is 280 g/mol. The maximum atomic E-state index is 13.1. The van der Waals surface area contributed by atoms with Crippen LogP contribution in [0.4, 0.5) is 10.1 Å². The van der Waals surface area contributed by atoms with Gasteiger partial charge >= 0.3 is 5.97 Å². The number of hydrogen-bond donors (Lipinski definition) is 1. The number of benzene rings is 1. The maximum absolute atomic E-state index is 13.1. The molecule has 0 spiro atoms. The molecule has 1 aromatic heterocycles. The first-order chi connectivity index (χ1) is 9.10. The van der Waals surface area contributed by atoms with E-state index in [9.17, 15) is 9.18 Å². The van der Waals surface area contributed by atoms with Crippen molar-refractivity contribution in [2.75, 3.05) is 12.4 Å². The number of anilines is 1. The van der Waals surface area contributed by atoms with Gasteiger partial charge in [0.15, 0.2) is 6.04 Å². The summed E-state index contributed by atoms with van der Waals surface area (Å²) >= 11 is 1.36. The molecule has 0 amide bonds. The second-order valence-corrected chi connectivity index (χ2v) is 4.83. The lowest BCUT2D eigenvalue weighted by Crippen LogP contribution is -2.22. The number of esters is 1. The summed E-state index contributed by atoms with van der Waals surface area (Å²) in [5, 5.41) is 5.37. The van der Waals surface area contributed by atoms with Crippen molar-refractivity contribution in [2.24, 2.45) is 0 Å². The van der Waals surface area contributed by atoms with Crippen molar-refractivity contribution < 1.29 is 13.9 Å². The minimum absolute atomic E-state index is 0.371. The molecule has 2 rings (SSSR count). The highest BCUT2D eigenvalue weighted by Crippen LogP contribution is 2.24. The number of carbonyl (C=O) groups is 1. The van der Waals surface area contributed by atoms with E-state index >= 15 is 0 Å². The van der Waals surface area contributed by atoms with Crippen molar-refractivity contribution in [3.05, 3.63) is 46.2 Å². The number of ether oxygens (including phenoxy) is 1. The normalized spacial score (nSPS) is 11.9. The average Bonchev–Trinajstić information content (AvgIpc) is 2.81. The van der Waals surface area contributed by atoms with Crippen LogP contribution in [0.1, 0.15) is 16.7 Å². The summed E-state index contributed by atoms with van der Waals surface area (Å²) in [6, 6.07) is 5.17. The monoisotopic (exact) mass is 280 g/mol. The SMILES string of the molecule is COC(=O)C(Nc1cccc(F)c1)c1nc(C)cs1. The first-order valence-electron chi connectivity index (χ1n) is 5.62. The zero-order chi connectivity index (χ0) is 13.8. The molecule has 0 radical (unpaired) electrons. The zero-order valence-corrected chi connectivity index (χ0v) is 11.3. The van der Waals surface area contributed by atoms with Crippen molar-refractivity contribution in [1.82, 2.24) is 4.98 Å². The first-order valence-corrected chi connectivity index (χ1v) is 6.50. The van der Waals surface area contributed by atoms with Crippen LogP contribution in [0.3, 0.4) is 0 Å². The Labute approximate surface area is 114 Å². The second-order valence-electron chi connectivity index (χ2n) is 3.94. The number of nitrogens with zero attached hydrogens (tertiary/aromatic N) is 1. The molecule has 19 heavy (non-hydrogen) atoms. The lowest BCUT2D eigenvalue weighted by atomic mass is 10.2. The Morgan fingerprint density at radius 3 is 2.89 bits per heavy atom. The summed E-state index contributed by atoms with van der Waals surface area (Å²) in [7, 11) is 1.31. The van der Waals surface area contributed by atoms with Gasteiger partial charge in [-0.1, -0.05) is 6.07 Å². The molecular formula is C13H13FN2O2S. The molecule has 4 nitrogen and oxygen atoms in total. The molecule has 1 heterocycles. The van der Waals surface area contributed by atoms with Gasteiger partial charge in [-0.15, -0.1) is 11.3 Å². The van der Waals surface area contributed by atoms with Gasteiger partial charge < -0.3 is 10.1 Å². The minimum atomic E-state index is -0.731. The summed E-state index contributed by atoms with van der Waals surface area (Å²) in [5.41, 5.74) is 1.33. The zero-order valence-electron chi connectivity index (χ0n) is 10.5. The maximum Gasteiger partial charge on any atom is 0.335 e. The van der Waals surface area contributed by atoms with Crippen LogP contribution in [0.15, 0.2) is 29.6 Å². The van der Waals surface area contributed by atoms with Gasteiger partial charge in [0.1, 0.15) is 10.8 Å². The number of methoxy groups -OCH3 is 1. The van der Waals surface area contributed by atoms with Crippen LogP contribution in [0.25, 0.3) is 0 Å². The van der Waals surface area contributed by atoms with Gasteiger partial charge in [-0.25, -0.2) is 14.2 Å². The number of aryl methyl sites for hydroxylation is 1. The molecule has 6 heteroatoms. The van der Waals surface area contributed by atoms with Crippen LogP contribution in [0.5, 0.6) is 0 Å². The molecule has 2 aromatic rings. The smallest absolute Gasteiger partial charge is 0.335 e. The van der Waals surface area contributed by atoms with E-state index in [4.69, 9.17) is 4.74 Å². The van der Waals surface area contributed by atoms with Crippen molar-refractivity contribution in [2.45, 2.75) is 13.0 Å². The third kappa shape index (κ3) is 3.29. The van der Waals surface area contributed by atoms with E-state index in [0.717, 1.165) is 5.69 Å². The quantitative estimate of drug-likeness (QED) is 0.875. The van der Waals surface area contributed by atoms with Crippen molar-refractivity contribution in [3.63, 3.8) is 0 Å². The molecular weight excluding hydrogens is 267 g/mol. The molecule has 0 bridgehead atoms. The van der Waals surface area contributed by atoms with Gasteiger partial charge in [-0.2, -0.15) is 0 Å². The number of aromatic nitrogens is 1. The number of carbonyl (C=O) groups excluding carboxylic acids is 1. The lowest BCUT2D eigenvalue weighted by molar-refractivity contribution is -0.141. The number of nitrogens with one attached hydrogen (secondary N) is 1. The summed E-state index contributed by atoms with van der Waals surface area (Å²) in [5.74, 6) is -0.831. The van der Waals surface area contributed by atoms with Crippen LogP contribution in [-0.4, -0.2) is 18.1 Å². The highest BCUT2D eigenvalue weighted by molar-refractivity contribution is 7.09. The van der Waals surface area contributed by atoms with Crippen LogP contribution in [-0.2, 0) is 9.53 Å². The Hall–Kier alpha value is -1.95.